The number of hydrogen-bond acceptors (Lipinski definition) is 8. The molecule has 0 aliphatic carbocycles. The Bertz CT molecular complexity index is 1020. The fourth-order valence-corrected chi connectivity index (χ4v) is 5.67. The van der Waals surface area contributed by atoms with Crippen LogP contribution in [0.4, 0.5) is 0 Å². The first kappa shape index (κ1) is 23.7. The lowest BCUT2D eigenvalue weighted by Crippen LogP contribution is -2.40. The van der Waals surface area contributed by atoms with Crippen LogP contribution in [0.2, 0.25) is 0 Å². The van der Waals surface area contributed by atoms with Crippen molar-refractivity contribution in [3.8, 4) is 11.4 Å². The molecule has 0 amide bonds. The van der Waals surface area contributed by atoms with Crippen LogP contribution in [0.15, 0.2) is 34.3 Å². The summed E-state index contributed by atoms with van der Waals surface area (Å²) < 4.78 is 39.6. The lowest BCUT2D eigenvalue weighted by atomic mass is 10.2. The minimum absolute atomic E-state index is 0.0526. The van der Waals surface area contributed by atoms with Crippen molar-refractivity contribution < 1.29 is 22.7 Å². The molecule has 2 heterocycles. The van der Waals surface area contributed by atoms with Gasteiger partial charge in [-0.25, -0.2) is 8.42 Å². The Morgan fingerprint density at radius 1 is 1.26 bits per heavy atom. The van der Waals surface area contributed by atoms with Gasteiger partial charge < -0.3 is 9.47 Å². The van der Waals surface area contributed by atoms with Crippen LogP contribution < -0.4 is 0 Å². The molecule has 0 saturated carbocycles. The van der Waals surface area contributed by atoms with Crippen LogP contribution in [0, 0.1) is 0 Å². The Morgan fingerprint density at radius 3 is 2.61 bits per heavy atom. The minimum atomic E-state index is -3.63. The number of benzene rings is 1. The van der Waals surface area contributed by atoms with Gasteiger partial charge >= 0.3 is 5.97 Å². The molecule has 170 valence electrons. The highest BCUT2D eigenvalue weighted by atomic mass is 32.2. The summed E-state index contributed by atoms with van der Waals surface area (Å²) in [6.45, 7) is 7.28. The van der Waals surface area contributed by atoms with Crippen molar-refractivity contribution in [3.05, 3.63) is 24.3 Å². The second-order valence-corrected chi connectivity index (χ2v) is 10.5. The first-order chi connectivity index (χ1) is 14.8. The van der Waals surface area contributed by atoms with Crippen molar-refractivity contribution in [1.29, 1.82) is 0 Å². The second-order valence-electron chi connectivity index (χ2n) is 7.26. The van der Waals surface area contributed by atoms with E-state index in [0.717, 1.165) is 6.42 Å². The highest BCUT2D eigenvalue weighted by Crippen LogP contribution is 2.32. The van der Waals surface area contributed by atoms with Gasteiger partial charge in [-0.15, -0.1) is 10.2 Å². The van der Waals surface area contributed by atoms with Crippen molar-refractivity contribution >= 4 is 27.8 Å². The monoisotopic (exact) mass is 468 g/mol. The largest absolute Gasteiger partial charge is 0.468 e. The average Bonchev–Trinajstić information content (AvgIpc) is 3.22. The van der Waals surface area contributed by atoms with E-state index in [1.54, 1.807) is 25.1 Å². The van der Waals surface area contributed by atoms with Crippen LogP contribution in [0.5, 0.6) is 0 Å². The molecule has 0 bridgehead atoms. The van der Waals surface area contributed by atoms with Gasteiger partial charge in [0.05, 0.1) is 25.2 Å². The molecule has 31 heavy (non-hydrogen) atoms. The quantitative estimate of drug-likeness (QED) is 0.430. The molecule has 2 atom stereocenters. The normalized spacial score (nSPS) is 17.3. The maximum atomic E-state index is 13.1. The van der Waals surface area contributed by atoms with Gasteiger partial charge in [0, 0.05) is 24.7 Å². The van der Waals surface area contributed by atoms with Gasteiger partial charge in [0.2, 0.25) is 10.0 Å². The van der Waals surface area contributed by atoms with E-state index in [4.69, 9.17) is 9.47 Å². The number of nitrogens with zero attached hydrogens (tertiary/aromatic N) is 4. The molecule has 1 saturated heterocycles. The first-order valence-electron chi connectivity index (χ1n) is 10.2. The first-order valence-corrected chi connectivity index (χ1v) is 12.5. The molecule has 3 rings (SSSR count). The number of hydrogen-bond donors (Lipinski definition) is 0. The van der Waals surface area contributed by atoms with Crippen LogP contribution in [0.1, 0.15) is 33.2 Å². The number of ether oxygens (including phenoxy) is 2. The van der Waals surface area contributed by atoms with E-state index in [-0.39, 0.29) is 16.9 Å². The maximum absolute atomic E-state index is 13.1. The summed E-state index contributed by atoms with van der Waals surface area (Å²) in [6, 6.07) is 6.80. The van der Waals surface area contributed by atoms with Crippen LogP contribution in [0.3, 0.4) is 0 Å². The van der Waals surface area contributed by atoms with Crippen molar-refractivity contribution in [1.82, 2.24) is 19.1 Å². The van der Waals surface area contributed by atoms with E-state index in [9.17, 15) is 13.2 Å². The Balaban J connectivity index is 1.99. The number of methoxy groups -OCH3 is 1. The number of morpholine rings is 1. The van der Waals surface area contributed by atoms with Crippen LogP contribution in [0.25, 0.3) is 11.4 Å². The average molecular weight is 469 g/mol. The molecule has 1 fully saturated rings. The fourth-order valence-electron chi connectivity index (χ4n) is 3.24. The number of esters is 1. The fraction of sp³-hybridized carbons (Fsp3) is 0.550. The smallest absolute Gasteiger partial charge is 0.318 e. The number of thioether (sulfide) groups is 1. The van der Waals surface area contributed by atoms with Crippen molar-refractivity contribution in [2.75, 3.05) is 33.4 Å². The number of aromatic nitrogens is 3. The lowest BCUT2D eigenvalue weighted by Gasteiger charge is -2.26. The van der Waals surface area contributed by atoms with E-state index >= 15 is 0 Å². The third kappa shape index (κ3) is 5.11. The van der Waals surface area contributed by atoms with Crippen molar-refractivity contribution in [2.24, 2.45) is 0 Å². The molecular weight excluding hydrogens is 440 g/mol. The molecule has 1 aromatic carbocycles. The molecular formula is C20H28N4O5S2. The van der Waals surface area contributed by atoms with Gasteiger partial charge in [0.15, 0.2) is 11.0 Å². The van der Waals surface area contributed by atoms with Gasteiger partial charge in [-0.2, -0.15) is 4.31 Å². The third-order valence-corrected chi connectivity index (χ3v) is 8.14. The van der Waals surface area contributed by atoms with Crippen LogP contribution in [-0.2, 0) is 24.3 Å². The summed E-state index contributed by atoms with van der Waals surface area (Å²) in [5.74, 6) is 0.219. The Morgan fingerprint density at radius 2 is 1.97 bits per heavy atom. The SMILES string of the molecule is CC[C@H](C)n1c(S[C@@H](C)C(=O)OC)nnc1-c1cccc(S(=O)(=O)N2CCOCC2)c1. The molecule has 11 heteroatoms. The molecule has 0 spiro atoms. The lowest BCUT2D eigenvalue weighted by molar-refractivity contribution is -0.139. The summed E-state index contributed by atoms with van der Waals surface area (Å²) in [6.07, 6.45) is 0.816. The summed E-state index contributed by atoms with van der Waals surface area (Å²) in [4.78, 5) is 12.1. The summed E-state index contributed by atoms with van der Waals surface area (Å²) in [7, 11) is -2.28. The van der Waals surface area contributed by atoms with Gasteiger partial charge in [0.25, 0.3) is 0 Å². The maximum Gasteiger partial charge on any atom is 0.318 e. The van der Waals surface area contributed by atoms with Crippen molar-refractivity contribution in [3.63, 3.8) is 0 Å². The zero-order valence-corrected chi connectivity index (χ0v) is 19.8. The minimum Gasteiger partial charge on any atom is -0.468 e. The van der Waals surface area contributed by atoms with E-state index in [0.29, 0.717) is 42.8 Å². The number of sulfonamides is 1. The predicted octanol–water partition coefficient (Wildman–Crippen LogP) is 2.59. The molecule has 1 aliphatic heterocycles. The molecule has 0 N–H and O–H groups in total. The van der Waals surface area contributed by atoms with E-state index in [2.05, 4.69) is 10.2 Å². The van der Waals surface area contributed by atoms with Crippen LogP contribution >= 0.6 is 11.8 Å². The zero-order chi connectivity index (χ0) is 22.6. The highest BCUT2D eigenvalue weighted by molar-refractivity contribution is 8.00. The topological polar surface area (TPSA) is 104 Å². The highest BCUT2D eigenvalue weighted by Gasteiger charge is 2.28. The number of carbonyl (C=O) groups is 1. The third-order valence-electron chi connectivity index (χ3n) is 5.21. The van der Waals surface area contributed by atoms with E-state index < -0.39 is 15.3 Å². The molecule has 2 aromatic rings. The number of rotatable bonds is 8. The molecule has 0 radical (unpaired) electrons. The molecule has 9 nitrogen and oxygen atoms in total. The van der Waals surface area contributed by atoms with E-state index in [1.807, 2.05) is 24.5 Å². The van der Waals surface area contributed by atoms with Crippen LogP contribution in [-0.4, -0.2) is 72.1 Å². The van der Waals surface area contributed by atoms with Gasteiger partial charge in [-0.1, -0.05) is 30.8 Å². The van der Waals surface area contributed by atoms with Crippen molar-refractivity contribution in [2.45, 2.75) is 48.5 Å². The zero-order valence-electron chi connectivity index (χ0n) is 18.1. The van der Waals surface area contributed by atoms with Gasteiger partial charge in [0.1, 0.15) is 5.25 Å². The molecule has 1 aliphatic rings. The molecule has 1 aromatic heterocycles. The van der Waals surface area contributed by atoms with Gasteiger partial charge in [-0.3, -0.25) is 9.36 Å². The Labute approximate surface area is 187 Å². The summed E-state index contributed by atoms with van der Waals surface area (Å²) in [5, 5.41) is 8.77. The second kappa shape index (κ2) is 10.1. The predicted molar refractivity (Wildman–Crippen MR) is 117 cm³/mol. The Kier molecular flexibility index (Phi) is 7.73. The number of carbonyl (C=O) groups excluding carboxylic acids is 1. The van der Waals surface area contributed by atoms with Gasteiger partial charge in [-0.05, 0) is 32.4 Å². The summed E-state index contributed by atoms with van der Waals surface area (Å²) in [5.41, 5.74) is 0.653. The Hall–Kier alpha value is -1.95. The summed E-state index contributed by atoms with van der Waals surface area (Å²) >= 11 is 1.27. The molecule has 0 unspecified atom stereocenters. The standard InChI is InChI=1S/C20H28N4O5S2/c1-5-14(2)24-18(21-22-20(24)30-15(3)19(25)28-4)16-7-6-8-17(13-16)31(26,27)23-9-11-29-12-10-23/h6-8,13-15H,5,9-12H2,1-4H3/t14-,15-/m0/s1. The van der Waals surface area contributed by atoms with E-state index in [1.165, 1.54) is 23.2 Å².